The summed E-state index contributed by atoms with van der Waals surface area (Å²) in [6, 6.07) is 4.44. The fourth-order valence-corrected chi connectivity index (χ4v) is 2.63. The van der Waals surface area contributed by atoms with Gasteiger partial charge in [0.1, 0.15) is 11.7 Å². The van der Waals surface area contributed by atoms with Crippen molar-refractivity contribution >= 4 is 5.84 Å². The van der Waals surface area contributed by atoms with Crippen molar-refractivity contribution in [3.8, 4) is 0 Å². The van der Waals surface area contributed by atoms with Crippen LogP contribution in [0.1, 0.15) is 43.7 Å². The quantitative estimate of drug-likeness (QED) is 0.648. The lowest BCUT2D eigenvalue weighted by Crippen LogP contribution is -2.21. The van der Waals surface area contributed by atoms with Gasteiger partial charge < -0.3 is 10.5 Å². The fraction of sp³-hybridized carbons (Fsp3) is 0.533. The number of ether oxygens (including phenoxy) is 1. The Morgan fingerprint density at radius 2 is 2.21 bits per heavy atom. The molecule has 1 fully saturated rings. The van der Waals surface area contributed by atoms with Crippen molar-refractivity contribution < 1.29 is 9.13 Å². The van der Waals surface area contributed by atoms with Crippen molar-refractivity contribution in [1.29, 1.82) is 5.41 Å². The van der Waals surface area contributed by atoms with Gasteiger partial charge in [0.15, 0.2) is 0 Å². The maximum atomic E-state index is 13.4. The van der Waals surface area contributed by atoms with E-state index in [0.717, 1.165) is 18.4 Å². The molecule has 3 nitrogen and oxygen atoms in total. The average molecular weight is 264 g/mol. The van der Waals surface area contributed by atoms with E-state index in [1.165, 1.54) is 25.0 Å². The maximum Gasteiger partial charge on any atom is 0.124 e. The Bertz CT molecular complexity index is 461. The van der Waals surface area contributed by atoms with Gasteiger partial charge >= 0.3 is 0 Å². The Hall–Kier alpha value is -1.42. The molecule has 0 spiro atoms. The minimum atomic E-state index is -0.372. The summed E-state index contributed by atoms with van der Waals surface area (Å²) in [4.78, 5) is 0. The van der Waals surface area contributed by atoms with Gasteiger partial charge in [-0.1, -0.05) is 19.8 Å². The van der Waals surface area contributed by atoms with Gasteiger partial charge in [-0.05, 0) is 42.5 Å². The second kappa shape index (κ2) is 6.15. The van der Waals surface area contributed by atoms with E-state index in [9.17, 15) is 4.39 Å². The standard InChI is InChI=1S/C15H21FN2O/c1-10-3-2-4-14(5-10)19-9-11-6-12(15(17)18)8-13(16)7-11/h6-8,10,14H,2-5,9H2,1H3,(H3,17,18). The summed E-state index contributed by atoms with van der Waals surface area (Å²) in [7, 11) is 0. The number of nitrogens with two attached hydrogens (primary N) is 1. The summed E-state index contributed by atoms with van der Waals surface area (Å²) in [6.45, 7) is 2.63. The van der Waals surface area contributed by atoms with E-state index < -0.39 is 0 Å². The van der Waals surface area contributed by atoms with Gasteiger partial charge in [-0.2, -0.15) is 0 Å². The molecule has 19 heavy (non-hydrogen) atoms. The summed E-state index contributed by atoms with van der Waals surface area (Å²) in [5, 5.41) is 7.35. The van der Waals surface area contributed by atoms with Crippen LogP contribution < -0.4 is 5.73 Å². The summed E-state index contributed by atoms with van der Waals surface area (Å²) in [5.41, 5.74) is 6.54. The molecule has 0 amide bonds. The van der Waals surface area contributed by atoms with Gasteiger partial charge in [0, 0.05) is 5.56 Å². The molecule has 1 aliphatic carbocycles. The molecule has 2 unspecified atom stereocenters. The van der Waals surface area contributed by atoms with Crippen LogP contribution in [0.3, 0.4) is 0 Å². The number of amidine groups is 1. The molecule has 0 saturated heterocycles. The molecule has 0 aliphatic heterocycles. The van der Waals surface area contributed by atoms with E-state index >= 15 is 0 Å². The minimum absolute atomic E-state index is 0.118. The highest BCUT2D eigenvalue weighted by Crippen LogP contribution is 2.26. The first kappa shape index (κ1) is 14.0. The highest BCUT2D eigenvalue weighted by Gasteiger charge is 2.19. The van der Waals surface area contributed by atoms with E-state index in [4.69, 9.17) is 15.9 Å². The number of nitrogen functional groups attached to an aromatic ring is 1. The molecule has 1 aromatic rings. The van der Waals surface area contributed by atoms with Crippen molar-refractivity contribution in [2.75, 3.05) is 0 Å². The van der Waals surface area contributed by atoms with E-state index in [1.54, 1.807) is 6.07 Å². The zero-order valence-corrected chi connectivity index (χ0v) is 11.3. The number of hydrogen-bond donors (Lipinski definition) is 2. The normalized spacial score (nSPS) is 23.3. The minimum Gasteiger partial charge on any atom is -0.384 e. The predicted molar refractivity (Wildman–Crippen MR) is 73.6 cm³/mol. The number of rotatable bonds is 4. The number of hydrogen-bond acceptors (Lipinski definition) is 2. The Kier molecular flexibility index (Phi) is 4.53. The first-order valence-electron chi connectivity index (χ1n) is 6.80. The lowest BCUT2D eigenvalue weighted by atomic mass is 9.89. The van der Waals surface area contributed by atoms with Gasteiger partial charge in [0.25, 0.3) is 0 Å². The first-order chi connectivity index (χ1) is 9.04. The summed E-state index contributed by atoms with van der Waals surface area (Å²) >= 11 is 0. The highest BCUT2D eigenvalue weighted by atomic mass is 19.1. The number of halogens is 1. The maximum absolute atomic E-state index is 13.4. The van der Waals surface area contributed by atoms with E-state index in [2.05, 4.69) is 6.92 Å². The van der Waals surface area contributed by atoms with Gasteiger partial charge in [-0.3, -0.25) is 5.41 Å². The van der Waals surface area contributed by atoms with Crippen LogP contribution in [0.25, 0.3) is 0 Å². The van der Waals surface area contributed by atoms with Crippen molar-refractivity contribution in [3.05, 3.63) is 35.1 Å². The SMILES string of the molecule is CC1CCCC(OCc2cc(F)cc(C(=N)N)c2)C1. The third-order valence-electron chi connectivity index (χ3n) is 3.64. The fourth-order valence-electron chi connectivity index (χ4n) is 2.63. The highest BCUT2D eigenvalue weighted by molar-refractivity contribution is 5.95. The molecule has 0 radical (unpaired) electrons. The first-order valence-corrected chi connectivity index (χ1v) is 6.80. The Morgan fingerprint density at radius 1 is 1.42 bits per heavy atom. The monoisotopic (exact) mass is 264 g/mol. The van der Waals surface area contributed by atoms with Crippen molar-refractivity contribution in [2.45, 2.75) is 45.3 Å². The average Bonchev–Trinajstić information content (AvgIpc) is 2.36. The molecule has 1 saturated carbocycles. The molecule has 0 bridgehead atoms. The van der Waals surface area contributed by atoms with Gasteiger partial charge in [0.05, 0.1) is 12.7 Å². The van der Waals surface area contributed by atoms with Crippen LogP contribution >= 0.6 is 0 Å². The van der Waals surface area contributed by atoms with Crippen LogP contribution in [0.2, 0.25) is 0 Å². The molecule has 4 heteroatoms. The molecule has 0 aromatic heterocycles. The van der Waals surface area contributed by atoms with Crippen LogP contribution in [0, 0.1) is 17.1 Å². The third kappa shape index (κ3) is 4.03. The van der Waals surface area contributed by atoms with Gasteiger partial charge in [-0.25, -0.2) is 4.39 Å². The smallest absolute Gasteiger partial charge is 0.124 e. The predicted octanol–water partition coefficient (Wildman–Crippen LogP) is 3.21. The molecule has 1 aliphatic rings. The zero-order chi connectivity index (χ0) is 13.8. The van der Waals surface area contributed by atoms with Crippen molar-refractivity contribution in [2.24, 2.45) is 11.7 Å². The molecule has 104 valence electrons. The Balaban J connectivity index is 1.97. The van der Waals surface area contributed by atoms with Gasteiger partial charge in [-0.15, -0.1) is 0 Å². The molecule has 3 N–H and O–H groups in total. The van der Waals surface area contributed by atoms with Crippen LogP contribution in [0.4, 0.5) is 4.39 Å². The lowest BCUT2D eigenvalue weighted by Gasteiger charge is -2.26. The van der Waals surface area contributed by atoms with Crippen LogP contribution in [0.5, 0.6) is 0 Å². The zero-order valence-electron chi connectivity index (χ0n) is 11.3. The molecule has 2 rings (SSSR count). The van der Waals surface area contributed by atoms with E-state index in [0.29, 0.717) is 18.1 Å². The molecular formula is C15H21FN2O. The summed E-state index contributed by atoms with van der Waals surface area (Å²) in [6.07, 6.45) is 4.91. The number of benzene rings is 1. The molecule has 2 atom stereocenters. The van der Waals surface area contributed by atoms with Crippen LogP contribution in [-0.2, 0) is 11.3 Å². The van der Waals surface area contributed by atoms with Crippen molar-refractivity contribution in [1.82, 2.24) is 0 Å². The second-order valence-corrected chi connectivity index (χ2v) is 5.47. The molecule has 0 heterocycles. The third-order valence-corrected chi connectivity index (χ3v) is 3.64. The van der Waals surface area contributed by atoms with E-state index in [-0.39, 0.29) is 17.8 Å². The topological polar surface area (TPSA) is 59.1 Å². The van der Waals surface area contributed by atoms with E-state index in [1.807, 2.05) is 0 Å². The lowest BCUT2D eigenvalue weighted by molar-refractivity contribution is 0.00457. The Morgan fingerprint density at radius 3 is 2.89 bits per heavy atom. The van der Waals surface area contributed by atoms with Gasteiger partial charge in [0.2, 0.25) is 0 Å². The largest absolute Gasteiger partial charge is 0.384 e. The number of nitrogens with one attached hydrogen (secondary N) is 1. The summed E-state index contributed by atoms with van der Waals surface area (Å²) < 4.78 is 19.3. The van der Waals surface area contributed by atoms with Crippen LogP contribution in [0.15, 0.2) is 18.2 Å². The second-order valence-electron chi connectivity index (χ2n) is 5.47. The summed E-state index contributed by atoms with van der Waals surface area (Å²) in [5.74, 6) is 0.217. The van der Waals surface area contributed by atoms with Crippen molar-refractivity contribution in [3.63, 3.8) is 0 Å². The molecule has 1 aromatic carbocycles. The Labute approximate surface area is 113 Å². The molecular weight excluding hydrogens is 243 g/mol. The van der Waals surface area contributed by atoms with Crippen LogP contribution in [-0.4, -0.2) is 11.9 Å².